The van der Waals surface area contributed by atoms with Crippen LogP contribution in [0.1, 0.15) is 27.7 Å². The Morgan fingerprint density at radius 2 is 1.74 bits per heavy atom. The molecule has 108 valence electrons. The fraction of sp³-hybridized carbons (Fsp3) is 0.600. The maximum atomic E-state index is 5.86. The zero-order valence-electron chi connectivity index (χ0n) is 12.9. The molecule has 0 bridgehead atoms. The van der Waals surface area contributed by atoms with Gasteiger partial charge in [-0.2, -0.15) is 0 Å². The lowest BCUT2D eigenvalue weighted by molar-refractivity contribution is 0.113. The maximum Gasteiger partial charge on any atom is 0.125 e. The third-order valence-electron chi connectivity index (χ3n) is 3.08. The Balaban J connectivity index is 2.76. The van der Waals surface area contributed by atoms with Gasteiger partial charge in [0.15, 0.2) is 0 Å². The molecule has 0 saturated heterocycles. The van der Waals surface area contributed by atoms with Crippen LogP contribution in [0.25, 0.3) is 0 Å². The molecule has 0 saturated carbocycles. The van der Waals surface area contributed by atoms with Gasteiger partial charge in [-0.25, -0.2) is 0 Å². The van der Waals surface area contributed by atoms with Crippen molar-refractivity contribution in [3.8, 4) is 11.5 Å². The van der Waals surface area contributed by atoms with E-state index in [0.29, 0.717) is 12.3 Å². The van der Waals surface area contributed by atoms with Crippen LogP contribution in [0.4, 0.5) is 5.69 Å². The molecule has 0 aliphatic heterocycles. The van der Waals surface area contributed by atoms with Gasteiger partial charge < -0.3 is 20.1 Å². The van der Waals surface area contributed by atoms with Crippen LogP contribution < -0.4 is 15.2 Å². The number of hydrogen-bond acceptors (Lipinski definition) is 4. The summed E-state index contributed by atoms with van der Waals surface area (Å²) in [4.78, 5) is 2.13. The molecule has 0 aliphatic rings. The van der Waals surface area contributed by atoms with Crippen molar-refractivity contribution in [2.75, 3.05) is 26.4 Å². The van der Waals surface area contributed by atoms with E-state index < -0.39 is 0 Å². The first-order valence-electron chi connectivity index (χ1n) is 6.58. The van der Waals surface area contributed by atoms with E-state index in [-0.39, 0.29) is 11.6 Å². The second kappa shape index (κ2) is 6.15. The number of hydrogen-bond donors (Lipinski definition) is 1. The monoisotopic (exact) mass is 266 g/mol. The van der Waals surface area contributed by atoms with Gasteiger partial charge in [0.05, 0.1) is 6.10 Å². The number of nitrogens with two attached hydrogens (primary N) is 1. The first-order valence-corrected chi connectivity index (χ1v) is 6.58. The molecule has 0 unspecified atom stereocenters. The van der Waals surface area contributed by atoms with E-state index in [1.807, 2.05) is 46.1 Å². The lowest BCUT2D eigenvalue weighted by Gasteiger charge is -2.32. The Labute approximate surface area is 116 Å². The van der Waals surface area contributed by atoms with Crippen LogP contribution in [0.5, 0.6) is 11.5 Å². The highest BCUT2D eigenvalue weighted by atomic mass is 16.5. The van der Waals surface area contributed by atoms with Crippen LogP contribution in [0.15, 0.2) is 18.2 Å². The Morgan fingerprint density at radius 3 is 2.26 bits per heavy atom. The summed E-state index contributed by atoms with van der Waals surface area (Å²) in [6.45, 7) is 8.82. The second-order valence-electron chi connectivity index (χ2n) is 5.90. The van der Waals surface area contributed by atoms with Crippen molar-refractivity contribution in [2.45, 2.75) is 39.3 Å². The lowest BCUT2D eigenvalue weighted by Crippen LogP contribution is -2.43. The molecule has 19 heavy (non-hydrogen) atoms. The smallest absolute Gasteiger partial charge is 0.125 e. The minimum atomic E-state index is -0.0380. The molecule has 0 fully saturated rings. The molecular formula is C15H26N2O2. The van der Waals surface area contributed by atoms with Crippen LogP contribution in [-0.2, 0) is 0 Å². The molecule has 0 amide bonds. The number of rotatable bonds is 6. The van der Waals surface area contributed by atoms with Crippen molar-refractivity contribution in [2.24, 2.45) is 0 Å². The summed E-state index contributed by atoms with van der Waals surface area (Å²) in [6.07, 6.45) is 0.118. The van der Waals surface area contributed by atoms with Crippen molar-refractivity contribution in [3.63, 3.8) is 0 Å². The number of ether oxygens (including phenoxy) is 2. The largest absolute Gasteiger partial charge is 0.491 e. The average molecular weight is 266 g/mol. The molecule has 0 aliphatic carbocycles. The molecule has 1 rings (SSSR count). The first kappa shape index (κ1) is 15.6. The summed E-state index contributed by atoms with van der Waals surface area (Å²) >= 11 is 0. The molecule has 0 spiro atoms. The molecule has 1 aromatic carbocycles. The van der Waals surface area contributed by atoms with Crippen molar-refractivity contribution < 1.29 is 9.47 Å². The van der Waals surface area contributed by atoms with Gasteiger partial charge in [0.2, 0.25) is 0 Å². The minimum absolute atomic E-state index is 0.0380. The number of nitrogens with zero attached hydrogens (tertiary/aromatic N) is 1. The van der Waals surface area contributed by atoms with Gasteiger partial charge in [-0.15, -0.1) is 0 Å². The summed E-state index contributed by atoms with van der Waals surface area (Å²) in [6, 6.07) is 5.50. The van der Waals surface area contributed by atoms with Gasteiger partial charge in [0, 0.05) is 29.4 Å². The van der Waals surface area contributed by atoms with Gasteiger partial charge in [-0.3, -0.25) is 0 Å². The molecule has 0 atom stereocenters. The van der Waals surface area contributed by atoms with Crippen molar-refractivity contribution >= 4 is 5.69 Å². The van der Waals surface area contributed by atoms with E-state index in [0.717, 1.165) is 11.5 Å². The molecule has 0 aromatic heterocycles. The number of anilines is 1. The molecule has 1 aromatic rings. The van der Waals surface area contributed by atoms with E-state index in [1.54, 1.807) is 0 Å². The van der Waals surface area contributed by atoms with E-state index in [1.165, 1.54) is 0 Å². The SMILES string of the molecule is CC(C)Oc1cc(N)cc(OCC(C)(C)N(C)C)c1. The molecule has 4 heteroatoms. The van der Waals surface area contributed by atoms with E-state index in [9.17, 15) is 0 Å². The lowest BCUT2D eigenvalue weighted by atomic mass is 10.1. The van der Waals surface area contributed by atoms with E-state index >= 15 is 0 Å². The highest BCUT2D eigenvalue weighted by Crippen LogP contribution is 2.26. The van der Waals surface area contributed by atoms with Gasteiger partial charge in [-0.1, -0.05) is 0 Å². The molecule has 0 radical (unpaired) electrons. The highest BCUT2D eigenvalue weighted by Gasteiger charge is 2.21. The van der Waals surface area contributed by atoms with Crippen molar-refractivity contribution in [3.05, 3.63) is 18.2 Å². The molecule has 2 N–H and O–H groups in total. The minimum Gasteiger partial charge on any atom is -0.491 e. The summed E-state index contributed by atoms with van der Waals surface area (Å²) in [7, 11) is 4.08. The first-order chi connectivity index (χ1) is 8.70. The van der Waals surface area contributed by atoms with Crippen LogP contribution in [0.2, 0.25) is 0 Å². The van der Waals surface area contributed by atoms with Gasteiger partial charge in [0.1, 0.15) is 18.1 Å². The predicted molar refractivity (Wildman–Crippen MR) is 79.9 cm³/mol. The zero-order valence-corrected chi connectivity index (χ0v) is 12.9. The quantitative estimate of drug-likeness (QED) is 0.804. The summed E-state index contributed by atoms with van der Waals surface area (Å²) in [5.74, 6) is 1.48. The third kappa shape index (κ3) is 4.99. The highest BCUT2D eigenvalue weighted by molar-refractivity contribution is 5.50. The summed E-state index contributed by atoms with van der Waals surface area (Å²) in [5, 5.41) is 0. The Hall–Kier alpha value is -1.42. The third-order valence-corrected chi connectivity index (χ3v) is 3.08. The van der Waals surface area contributed by atoms with Crippen molar-refractivity contribution in [1.82, 2.24) is 4.90 Å². The van der Waals surface area contributed by atoms with Crippen LogP contribution in [0.3, 0.4) is 0 Å². The average Bonchev–Trinajstić information content (AvgIpc) is 2.24. The van der Waals surface area contributed by atoms with Gasteiger partial charge >= 0.3 is 0 Å². The summed E-state index contributed by atoms with van der Waals surface area (Å²) in [5.41, 5.74) is 6.47. The predicted octanol–water partition coefficient (Wildman–Crippen LogP) is 2.78. The standard InChI is InChI=1S/C15H26N2O2/c1-11(2)19-14-8-12(16)7-13(9-14)18-10-15(3,4)17(5)6/h7-9,11H,10,16H2,1-6H3. The number of benzene rings is 1. The molecule has 0 heterocycles. The second-order valence-corrected chi connectivity index (χ2v) is 5.90. The Kier molecular flexibility index (Phi) is 5.06. The molecule has 4 nitrogen and oxygen atoms in total. The summed E-state index contributed by atoms with van der Waals surface area (Å²) < 4.78 is 11.5. The van der Waals surface area contributed by atoms with Crippen molar-refractivity contribution in [1.29, 1.82) is 0 Å². The van der Waals surface area contributed by atoms with E-state index in [2.05, 4.69) is 18.7 Å². The number of nitrogen functional groups attached to an aromatic ring is 1. The van der Waals surface area contributed by atoms with Crippen LogP contribution in [-0.4, -0.2) is 37.2 Å². The normalized spacial score (nSPS) is 12.0. The van der Waals surface area contributed by atoms with Gasteiger partial charge in [0.25, 0.3) is 0 Å². The van der Waals surface area contributed by atoms with E-state index in [4.69, 9.17) is 15.2 Å². The van der Waals surface area contributed by atoms with Gasteiger partial charge in [-0.05, 0) is 41.8 Å². The number of likely N-dealkylation sites (N-methyl/N-ethyl adjacent to an activating group) is 1. The maximum absolute atomic E-state index is 5.86. The zero-order chi connectivity index (χ0) is 14.6. The Bertz CT molecular complexity index is 415. The topological polar surface area (TPSA) is 47.7 Å². The molecular weight excluding hydrogens is 240 g/mol. The van der Waals surface area contributed by atoms with Crippen LogP contribution in [0, 0.1) is 0 Å². The fourth-order valence-electron chi connectivity index (χ4n) is 1.41. The fourth-order valence-corrected chi connectivity index (χ4v) is 1.41. The Morgan fingerprint density at radius 1 is 1.16 bits per heavy atom. The van der Waals surface area contributed by atoms with Crippen LogP contribution >= 0.6 is 0 Å².